The molecule has 0 amide bonds. The van der Waals surface area contributed by atoms with Crippen LogP contribution >= 0.6 is 23.2 Å². The van der Waals surface area contributed by atoms with Crippen LogP contribution in [0, 0.1) is 0 Å². The van der Waals surface area contributed by atoms with Crippen LogP contribution in [0.3, 0.4) is 0 Å². The van der Waals surface area contributed by atoms with Gasteiger partial charge in [0.15, 0.2) is 0 Å². The second-order valence-corrected chi connectivity index (χ2v) is 5.49. The first-order chi connectivity index (χ1) is 9.26. The molecule has 0 bridgehead atoms. The normalized spacial score (nSPS) is 20.3. The average molecular weight is 326 g/mol. The lowest BCUT2D eigenvalue weighted by molar-refractivity contribution is -0.274. The highest BCUT2D eigenvalue weighted by molar-refractivity contribution is 6.32. The Bertz CT molecular complexity index is 531. The van der Waals surface area contributed by atoms with Crippen molar-refractivity contribution < 1.29 is 17.9 Å². The van der Waals surface area contributed by atoms with Crippen LogP contribution in [0.25, 0.3) is 0 Å². The van der Waals surface area contributed by atoms with E-state index in [0.29, 0.717) is 6.42 Å². The van der Waals surface area contributed by atoms with Crippen LogP contribution in [0.5, 0.6) is 5.75 Å². The van der Waals surface area contributed by atoms with Crippen molar-refractivity contribution in [1.29, 1.82) is 0 Å². The number of hydrogen-bond acceptors (Lipinski definition) is 2. The molecule has 0 spiro atoms. The maximum Gasteiger partial charge on any atom is 0.573 e. The molecule has 0 aliphatic carbocycles. The highest BCUT2D eigenvalue weighted by Crippen LogP contribution is 2.35. The van der Waals surface area contributed by atoms with Gasteiger partial charge in [-0.2, -0.15) is 0 Å². The summed E-state index contributed by atoms with van der Waals surface area (Å²) in [5.41, 5.74) is 0.821. The first kappa shape index (κ1) is 15.3. The number of ether oxygens (including phenoxy) is 1. The number of rotatable bonds is 3. The van der Waals surface area contributed by atoms with E-state index in [1.165, 1.54) is 12.1 Å². The predicted octanol–water partition coefficient (Wildman–Crippen LogP) is 4.78. The van der Waals surface area contributed by atoms with Gasteiger partial charge in [-0.15, -0.1) is 13.2 Å². The van der Waals surface area contributed by atoms with Gasteiger partial charge in [-0.1, -0.05) is 36.2 Å². The van der Waals surface area contributed by atoms with E-state index in [1.807, 2.05) is 6.92 Å². The van der Waals surface area contributed by atoms with E-state index in [1.54, 1.807) is 12.3 Å². The molecule has 1 aliphatic heterocycles. The lowest BCUT2D eigenvalue weighted by Crippen LogP contribution is -2.25. The molecule has 0 aromatic heterocycles. The van der Waals surface area contributed by atoms with Crippen molar-refractivity contribution >= 4 is 23.2 Å². The molecule has 1 aliphatic rings. The SMILES string of the molecule is CC(c1ccc(OC(F)(F)F)c(Cl)c1)C1CC(Cl)=CN1. The molecular weight excluding hydrogens is 314 g/mol. The first-order valence-electron chi connectivity index (χ1n) is 5.92. The molecule has 1 aromatic carbocycles. The van der Waals surface area contributed by atoms with Crippen LogP contribution < -0.4 is 10.1 Å². The van der Waals surface area contributed by atoms with Crippen molar-refractivity contribution in [3.8, 4) is 5.75 Å². The molecule has 20 heavy (non-hydrogen) atoms. The second kappa shape index (κ2) is 5.74. The molecule has 0 fully saturated rings. The fourth-order valence-electron chi connectivity index (χ4n) is 2.09. The van der Waals surface area contributed by atoms with E-state index in [9.17, 15) is 13.2 Å². The van der Waals surface area contributed by atoms with Crippen molar-refractivity contribution in [2.75, 3.05) is 0 Å². The Labute approximate surface area is 124 Å². The van der Waals surface area contributed by atoms with Gasteiger partial charge in [0, 0.05) is 29.6 Å². The number of benzene rings is 1. The summed E-state index contributed by atoms with van der Waals surface area (Å²) in [5, 5.41) is 3.79. The Kier molecular flexibility index (Phi) is 4.39. The molecule has 2 atom stereocenters. The molecule has 110 valence electrons. The Balaban J connectivity index is 2.12. The molecule has 0 saturated carbocycles. The maximum absolute atomic E-state index is 12.2. The van der Waals surface area contributed by atoms with E-state index in [2.05, 4.69) is 10.1 Å². The molecule has 2 nitrogen and oxygen atoms in total. The fourth-order valence-corrected chi connectivity index (χ4v) is 2.54. The molecule has 0 saturated heterocycles. The van der Waals surface area contributed by atoms with Crippen LogP contribution in [0.4, 0.5) is 13.2 Å². The molecular formula is C13H12Cl2F3NO. The monoisotopic (exact) mass is 325 g/mol. The molecule has 2 unspecified atom stereocenters. The third-order valence-corrected chi connectivity index (χ3v) is 3.74. The summed E-state index contributed by atoms with van der Waals surface area (Å²) >= 11 is 11.7. The summed E-state index contributed by atoms with van der Waals surface area (Å²) in [5.74, 6) is -0.342. The fraction of sp³-hybridized carbons (Fsp3) is 0.385. The smallest absolute Gasteiger partial charge is 0.404 e. The van der Waals surface area contributed by atoms with Gasteiger partial charge in [-0.25, -0.2) is 0 Å². The van der Waals surface area contributed by atoms with E-state index in [4.69, 9.17) is 23.2 Å². The Morgan fingerprint density at radius 3 is 2.55 bits per heavy atom. The highest BCUT2D eigenvalue weighted by Gasteiger charge is 2.32. The first-order valence-corrected chi connectivity index (χ1v) is 6.67. The Morgan fingerprint density at radius 2 is 2.05 bits per heavy atom. The van der Waals surface area contributed by atoms with Crippen LogP contribution in [-0.2, 0) is 0 Å². The van der Waals surface area contributed by atoms with Gasteiger partial charge in [-0.05, 0) is 17.7 Å². The van der Waals surface area contributed by atoms with E-state index in [0.717, 1.165) is 10.6 Å². The van der Waals surface area contributed by atoms with Crippen LogP contribution in [0.2, 0.25) is 5.02 Å². The lowest BCUT2D eigenvalue weighted by atomic mass is 9.92. The summed E-state index contributed by atoms with van der Waals surface area (Å²) < 4.78 is 40.3. The third-order valence-electron chi connectivity index (χ3n) is 3.18. The molecule has 2 rings (SSSR count). The van der Waals surface area contributed by atoms with Gasteiger partial charge in [0.05, 0.1) is 5.02 Å². The second-order valence-electron chi connectivity index (χ2n) is 4.59. The summed E-state index contributed by atoms with van der Waals surface area (Å²) in [6.45, 7) is 1.96. The zero-order valence-electron chi connectivity index (χ0n) is 10.5. The van der Waals surface area contributed by atoms with Crippen LogP contribution in [-0.4, -0.2) is 12.4 Å². The van der Waals surface area contributed by atoms with Crippen molar-refractivity contribution in [1.82, 2.24) is 5.32 Å². The highest BCUT2D eigenvalue weighted by atomic mass is 35.5. The molecule has 1 aromatic rings. The topological polar surface area (TPSA) is 21.3 Å². The zero-order chi connectivity index (χ0) is 14.9. The van der Waals surface area contributed by atoms with Gasteiger partial charge >= 0.3 is 6.36 Å². The number of halogens is 5. The van der Waals surface area contributed by atoms with Gasteiger partial charge in [0.2, 0.25) is 0 Å². The van der Waals surface area contributed by atoms with Gasteiger partial charge in [-0.3, -0.25) is 0 Å². The van der Waals surface area contributed by atoms with Crippen molar-refractivity contribution in [2.45, 2.75) is 31.7 Å². The predicted molar refractivity (Wildman–Crippen MR) is 72.0 cm³/mol. The van der Waals surface area contributed by atoms with Crippen molar-refractivity contribution in [2.24, 2.45) is 0 Å². The van der Waals surface area contributed by atoms with E-state index >= 15 is 0 Å². The maximum atomic E-state index is 12.2. The minimum absolute atomic E-state index is 0.0555. The van der Waals surface area contributed by atoms with Gasteiger partial charge in [0.1, 0.15) is 5.75 Å². The number of hydrogen-bond donors (Lipinski definition) is 1. The van der Waals surface area contributed by atoms with Gasteiger partial charge < -0.3 is 10.1 Å². The van der Waals surface area contributed by atoms with Crippen LogP contribution in [0.15, 0.2) is 29.4 Å². The summed E-state index contributed by atoms with van der Waals surface area (Å²) in [4.78, 5) is 0. The minimum Gasteiger partial charge on any atom is -0.404 e. The van der Waals surface area contributed by atoms with E-state index in [-0.39, 0.29) is 17.0 Å². The average Bonchev–Trinajstić information content (AvgIpc) is 2.76. The molecule has 7 heteroatoms. The standard InChI is InChI=1S/C13H12Cl2F3NO/c1-7(11-5-9(14)6-19-11)8-2-3-12(10(15)4-8)20-13(16,17)18/h2-4,6-7,11,19H,5H2,1H3. The van der Waals surface area contributed by atoms with E-state index < -0.39 is 12.1 Å². The van der Waals surface area contributed by atoms with Crippen molar-refractivity contribution in [3.63, 3.8) is 0 Å². The quantitative estimate of drug-likeness (QED) is 0.863. The summed E-state index contributed by atoms with van der Waals surface area (Å²) in [6, 6.07) is 4.39. The van der Waals surface area contributed by atoms with Crippen LogP contribution in [0.1, 0.15) is 24.8 Å². The summed E-state index contributed by atoms with van der Waals surface area (Å²) in [7, 11) is 0. The largest absolute Gasteiger partial charge is 0.573 e. The molecule has 1 N–H and O–H groups in total. The number of alkyl halides is 3. The van der Waals surface area contributed by atoms with Crippen molar-refractivity contribution in [3.05, 3.63) is 40.0 Å². The third kappa shape index (κ3) is 3.73. The minimum atomic E-state index is -4.75. The Morgan fingerprint density at radius 1 is 1.35 bits per heavy atom. The molecule has 0 radical (unpaired) electrons. The number of nitrogens with one attached hydrogen (secondary N) is 1. The zero-order valence-corrected chi connectivity index (χ0v) is 12.0. The van der Waals surface area contributed by atoms with Gasteiger partial charge in [0.25, 0.3) is 0 Å². The summed E-state index contributed by atoms with van der Waals surface area (Å²) in [6.07, 6.45) is -2.34. The Hall–Kier alpha value is -1.07. The molecule has 1 heterocycles. The lowest BCUT2D eigenvalue weighted by Gasteiger charge is -2.21.